The molecule has 0 aliphatic heterocycles. The molecule has 2 N–H and O–H groups in total. The minimum Gasteiger partial charge on any atom is -0.542 e. The van der Waals surface area contributed by atoms with E-state index in [1.165, 1.54) is 48.4 Å². The number of fused-ring (bicyclic) bond motifs is 2. The van der Waals surface area contributed by atoms with Gasteiger partial charge in [0.1, 0.15) is 21.6 Å². The van der Waals surface area contributed by atoms with Crippen molar-refractivity contribution in [3.63, 3.8) is 0 Å². The maximum Gasteiger partial charge on any atom is 1.00 e. The van der Waals surface area contributed by atoms with Gasteiger partial charge in [-0.3, -0.25) is 9.59 Å². The van der Waals surface area contributed by atoms with Gasteiger partial charge in [-0.15, -0.1) is 22.7 Å². The molecule has 0 radical (unpaired) electrons. The Kier molecular flexibility index (Phi) is 17.0. The fraction of sp³-hybridized carbons (Fsp3) is 0.500. The maximum atomic E-state index is 11.9. The molecule has 0 fully saturated rings. The molecule has 42 heavy (non-hydrogen) atoms. The van der Waals surface area contributed by atoms with Crippen LogP contribution in [0.4, 0.5) is 0 Å². The van der Waals surface area contributed by atoms with Gasteiger partial charge in [0, 0.05) is 9.75 Å². The third-order valence-electron chi connectivity index (χ3n) is 6.70. The molecule has 10 nitrogen and oxygen atoms in total. The summed E-state index contributed by atoms with van der Waals surface area (Å²) in [4.78, 5) is 61.1. The van der Waals surface area contributed by atoms with Crippen LogP contribution in [0.15, 0.2) is 9.59 Å². The molecule has 0 saturated heterocycles. The molecular weight excluding hydrogens is 598 g/mol. The zero-order valence-electron chi connectivity index (χ0n) is 25.2. The molecule has 0 aliphatic carbocycles. The first kappa shape index (κ1) is 38.6. The molecule has 4 aromatic rings. The third kappa shape index (κ3) is 9.82. The number of carboxylic acid groups (broad SMARTS) is 2. The number of nitrogens with one attached hydrogen (secondary N) is 2. The number of aromatic nitrogens is 4. The number of H-pyrrole nitrogens is 2. The van der Waals surface area contributed by atoms with Gasteiger partial charge in [-0.1, -0.05) is 52.4 Å². The molecular formula is C28H34N4Na2O6S2. The van der Waals surface area contributed by atoms with Gasteiger partial charge in [-0.25, -0.2) is 9.97 Å². The minimum atomic E-state index is -1.46. The van der Waals surface area contributed by atoms with E-state index < -0.39 is 34.7 Å². The fourth-order valence-electron chi connectivity index (χ4n) is 4.47. The number of carboxylic acids is 2. The molecule has 4 heterocycles. The van der Waals surface area contributed by atoms with Crippen molar-refractivity contribution in [3.05, 3.63) is 53.2 Å². The Bertz CT molecular complexity index is 1510. The van der Waals surface area contributed by atoms with E-state index in [-0.39, 0.29) is 59.1 Å². The number of carbonyl (C=O) groups excluding carboxylic acids is 2. The first-order valence-corrected chi connectivity index (χ1v) is 15.2. The molecule has 0 amide bonds. The number of nitrogens with zero attached hydrogens (tertiary/aromatic N) is 2. The van der Waals surface area contributed by atoms with Crippen molar-refractivity contribution in [2.24, 2.45) is 0 Å². The van der Waals surface area contributed by atoms with Crippen LogP contribution in [0.2, 0.25) is 0 Å². The van der Waals surface area contributed by atoms with Crippen molar-refractivity contribution in [1.29, 1.82) is 0 Å². The van der Waals surface area contributed by atoms with Crippen LogP contribution in [-0.2, 0) is 12.8 Å². The Morgan fingerprint density at radius 2 is 1.02 bits per heavy atom. The summed E-state index contributed by atoms with van der Waals surface area (Å²) < 4.78 is 0. The van der Waals surface area contributed by atoms with E-state index in [0.29, 0.717) is 20.4 Å². The van der Waals surface area contributed by atoms with E-state index >= 15 is 0 Å². The van der Waals surface area contributed by atoms with Gasteiger partial charge in [0.15, 0.2) is 11.6 Å². The smallest absolute Gasteiger partial charge is 0.542 e. The zero-order chi connectivity index (χ0) is 29.4. The Morgan fingerprint density at radius 1 is 0.667 bits per heavy atom. The van der Waals surface area contributed by atoms with Crippen LogP contribution in [0, 0.1) is 13.8 Å². The van der Waals surface area contributed by atoms with Crippen molar-refractivity contribution in [2.75, 3.05) is 0 Å². The molecule has 0 saturated carbocycles. The Morgan fingerprint density at radius 3 is 1.33 bits per heavy atom. The van der Waals surface area contributed by atoms with Gasteiger partial charge >= 0.3 is 59.1 Å². The summed E-state index contributed by atoms with van der Waals surface area (Å²) in [6, 6.07) is 0. The van der Waals surface area contributed by atoms with Gasteiger partial charge in [0.25, 0.3) is 11.1 Å². The fourth-order valence-corrected chi connectivity index (χ4v) is 6.91. The number of thiophene rings is 2. The van der Waals surface area contributed by atoms with E-state index in [9.17, 15) is 29.4 Å². The number of carbonyl (C=O) groups is 2. The quantitative estimate of drug-likeness (QED) is 0.128. The van der Waals surface area contributed by atoms with Crippen molar-refractivity contribution < 1.29 is 78.9 Å². The molecule has 4 aromatic heterocycles. The van der Waals surface area contributed by atoms with Crippen LogP contribution in [0.3, 0.4) is 0 Å². The van der Waals surface area contributed by atoms with E-state index in [2.05, 4.69) is 33.8 Å². The average molecular weight is 633 g/mol. The van der Waals surface area contributed by atoms with Crippen molar-refractivity contribution in [3.8, 4) is 0 Å². The second-order valence-electron chi connectivity index (χ2n) is 9.69. The first-order valence-electron chi connectivity index (χ1n) is 13.6. The second-order valence-corrected chi connectivity index (χ2v) is 11.9. The summed E-state index contributed by atoms with van der Waals surface area (Å²) in [5.41, 5.74) is 1.03. The van der Waals surface area contributed by atoms with Crippen LogP contribution in [0.1, 0.15) is 107 Å². The third-order valence-corrected chi connectivity index (χ3v) is 9.19. The Balaban J connectivity index is 0.000000401. The Labute approximate surface area is 296 Å². The predicted octanol–water partition coefficient (Wildman–Crippen LogP) is -2.43. The predicted molar refractivity (Wildman–Crippen MR) is 154 cm³/mol. The van der Waals surface area contributed by atoms with Gasteiger partial charge in [-0.2, -0.15) is 0 Å². The summed E-state index contributed by atoms with van der Waals surface area (Å²) in [5, 5.41) is 22.6. The zero-order valence-corrected chi connectivity index (χ0v) is 30.9. The average Bonchev–Trinajstić information content (AvgIpc) is 3.41. The van der Waals surface area contributed by atoms with Crippen molar-refractivity contribution in [1.82, 2.24) is 19.9 Å². The molecule has 14 heteroatoms. The van der Waals surface area contributed by atoms with Gasteiger partial charge < -0.3 is 29.8 Å². The van der Waals surface area contributed by atoms with Gasteiger partial charge in [0.05, 0.1) is 10.8 Å². The van der Waals surface area contributed by atoms with Gasteiger partial charge in [0.2, 0.25) is 0 Å². The van der Waals surface area contributed by atoms with E-state index in [1.807, 2.05) is 13.8 Å². The van der Waals surface area contributed by atoms with Crippen LogP contribution >= 0.6 is 22.7 Å². The van der Waals surface area contributed by atoms with E-state index in [0.717, 1.165) is 59.4 Å². The topological polar surface area (TPSA) is 172 Å². The summed E-state index contributed by atoms with van der Waals surface area (Å²) >= 11 is 2.81. The summed E-state index contributed by atoms with van der Waals surface area (Å²) in [5.74, 6) is -3.72. The maximum absolute atomic E-state index is 11.9. The normalized spacial score (nSPS) is 10.6. The van der Waals surface area contributed by atoms with Crippen LogP contribution in [0.25, 0.3) is 20.4 Å². The number of hydrogen-bond donors (Lipinski definition) is 2. The molecule has 0 unspecified atom stereocenters. The summed E-state index contributed by atoms with van der Waals surface area (Å²) in [7, 11) is 0. The molecule has 0 aliphatic rings. The first-order chi connectivity index (χ1) is 19.1. The monoisotopic (exact) mass is 632 g/mol. The standard InChI is InChI=1S/2C14H18N2O3S.2Na/c2*1-3-4-5-6-7-9-8(2)10-12(17)15-11(14(18)19)16-13(10)20-9;;/h2*3-7H2,1-2H3,(H,18,19)(H,15,16,17);;/q;;2*+1/p-2. The number of aromatic carboxylic acids is 2. The second kappa shape index (κ2) is 18.4. The molecule has 216 valence electrons. The number of unbranched alkanes of at least 4 members (excludes halogenated alkanes) is 6. The molecule has 0 atom stereocenters. The number of aromatic amines is 2. The SMILES string of the molecule is CCCCCCc1sc2nc(C(=O)[O-])[nH]c(=O)c2c1C.CCCCCCc1sc2nc(C(=O)[O-])[nH]c(=O)c2c1C.[Na+].[Na+]. The minimum absolute atomic E-state index is 0. The Hall–Kier alpha value is -1.38. The number of rotatable bonds is 12. The summed E-state index contributed by atoms with van der Waals surface area (Å²) in [6.07, 6.45) is 11.1. The van der Waals surface area contributed by atoms with Gasteiger partial charge in [-0.05, 0) is 50.7 Å². The van der Waals surface area contributed by atoms with E-state index in [1.54, 1.807) is 0 Å². The summed E-state index contributed by atoms with van der Waals surface area (Å²) in [6.45, 7) is 8.11. The molecule has 0 spiro atoms. The molecule has 4 rings (SSSR count). The molecule has 0 aromatic carbocycles. The van der Waals surface area contributed by atoms with Crippen molar-refractivity contribution in [2.45, 2.75) is 91.9 Å². The van der Waals surface area contributed by atoms with Crippen LogP contribution in [-0.4, -0.2) is 31.9 Å². The van der Waals surface area contributed by atoms with Crippen molar-refractivity contribution >= 4 is 55.0 Å². The van der Waals surface area contributed by atoms with Crippen LogP contribution in [0.5, 0.6) is 0 Å². The number of hydrogen-bond acceptors (Lipinski definition) is 10. The van der Waals surface area contributed by atoms with E-state index in [4.69, 9.17) is 0 Å². The largest absolute Gasteiger partial charge is 1.00 e. The number of aryl methyl sites for hydroxylation is 4. The van der Waals surface area contributed by atoms with Crippen LogP contribution < -0.4 is 80.4 Å². The molecule has 0 bridgehead atoms.